The number of fused-ring (bicyclic) bond motifs is 1. The number of hydrogen-bond donors (Lipinski definition) is 0. The zero-order chi connectivity index (χ0) is 23.5. The Labute approximate surface area is 196 Å². The largest absolute Gasteiger partial charge is 0.497 e. The summed E-state index contributed by atoms with van der Waals surface area (Å²) in [5, 5.41) is 1.29. The molecule has 4 aromatic rings. The molecule has 6 nitrogen and oxygen atoms in total. The summed E-state index contributed by atoms with van der Waals surface area (Å²) in [5.41, 5.74) is 2.49. The second-order valence-electron chi connectivity index (χ2n) is 7.40. The van der Waals surface area contributed by atoms with E-state index in [1.54, 1.807) is 66.3 Å². The zero-order valence-electron chi connectivity index (χ0n) is 18.4. The number of benzene rings is 3. The SMILES string of the molecule is COc1ccc2c(c1)c(CC(=O)Oc1ccccc1OC)c(C)n2C(=O)c1ccc(Cl)cc1. The molecule has 0 aliphatic carbocycles. The number of para-hydroxylation sites is 2. The number of carbonyl (C=O) groups excluding carboxylic acids is 2. The number of ether oxygens (including phenoxy) is 3. The van der Waals surface area contributed by atoms with E-state index < -0.39 is 5.97 Å². The first-order valence-electron chi connectivity index (χ1n) is 10.2. The van der Waals surface area contributed by atoms with Gasteiger partial charge in [-0.2, -0.15) is 0 Å². The second kappa shape index (κ2) is 9.38. The number of esters is 1. The number of methoxy groups -OCH3 is 2. The summed E-state index contributed by atoms with van der Waals surface area (Å²) in [7, 11) is 3.08. The van der Waals surface area contributed by atoms with Crippen molar-refractivity contribution in [3.8, 4) is 17.2 Å². The Hall–Kier alpha value is -3.77. The Morgan fingerprint density at radius 2 is 1.61 bits per heavy atom. The van der Waals surface area contributed by atoms with Gasteiger partial charge in [-0.3, -0.25) is 14.2 Å². The van der Waals surface area contributed by atoms with Crippen LogP contribution >= 0.6 is 11.6 Å². The fourth-order valence-electron chi connectivity index (χ4n) is 3.80. The van der Waals surface area contributed by atoms with Gasteiger partial charge in [-0.1, -0.05) is 23.7 Å². The van der Waals surface area contributed by atoms with Crippen molar-refractivity contribution >= 4 is 34.4 Å². The van der Waals surface area contributed by atoms with Crippen LogP contribution in [0.3, 0.4) is 0 Å². The topological polar surface area (TPSA) is 66.8 Å². The predicted octanol–water partition coefficient (Wildman–Crippen LogP) is 5.46. The second-order valence-corrected chi connectivity index (χ2v) is 7.83. The number of aromatic nitrogens is 1. The average molecular weight is 464 g/mol. The Morgan fingerprint density at radius 1 is 0.909 bits per heavy atom. The van der Waals surface area contributed by atoms with Crippen LogP contribution in [-0.4, -0.2) is 30.7 Å². The van der Waals surface area contributed by atoms with Crippen LogP contribution in [0.1, 0.15) is 21.6 Å². The van der Waals surface area contributed by atoms with E-state index in [2.05, 4.69) is 0 Å². The van der Waals surface area contributed by atoms with Gasteiger partial charge in [0.1, 0.15) is 5.75 Å². The lowest BCUT2D eigenvalue weighted by Gasteiger charge is -2.09. The van der Waals surface area contributed by atoms with Gasteiger partial charge < -0.3 is 14.2 Å². The normalized spacial score (nSPS) is 10.8. The highest BCUT2D eigenvalue weighted by atomic mass is 35.5. The Morgan fingerprint density at radius 3 is 2.27 bits per heavy atom. The molecule has 168 valence electrons. The zero-order valence-corrected chi connectivity index (χ0v) is 19.2. The molecule has 0 fully saturated rings. The minimum absolute atomic E-state index is 0.0333. The maximum Gasteiger partial charge on any atom is 0.315 e. The van der Waals surface area contributed by atoms with Crippen molar-refractivity contribution in [1.82, 2.24) is 4.57 Å². The van der Waals surface area contributed by atoms with E-state index in [4.69, 9.17) is 25.8 Å². The number of rotatable bonds is 6. The van der Waals surface area contributed by atoms with Gasteiger partial charge in [-0.15, -0.1) is 0 Å². The van der Waals surface area contributed by atoms with Gasteiger partial charge in [-0.05, 0) is 67.1 Å². The van der Waals surface area contributed by atoms with Gasteiger partial charge in [0, 0.05) is 21.7 Å². The Bertz CT molecular complexity index is 1340. The van der Waals surface area contributed by atoms with Gasteiger partial charge in [0.25, 0.3) is 5.91 Å². The van der Waals surface area contributed by atoms with Crippen LogP contribution < -0.4 is 14.2 Å². The fraction of sp³-hybridized carbons (Fsp3) is 0.154. The fourth-order valence-corrected chi connectivity index (χ4v) is 3.93. The van der Waals surface area contributed by atoms with Gasteiger partial charge in [-0.25, -0.2) is 0 Å². The lowest BCUT2D eigenvalue weighted by Crippen LogP contribution is -2.15. The molecule has 0 aliphatic heterocycles. The molecule has 0 radical (unpaired) electrons. The first-order valence-corrected chi connectivity index (χ1v) is 10.6. The number of halogens is 1. The van der Waals surface area contributed by atoms with Crippen LogP contribution in [0.15, 0.2) is 66.7 Å². The molecule has 0 amide bonds. The van der Waals surface area contributed by atoms with Crippen LogP contribution in [0.4, 0.5) is 0 Å². The molecule has 7 heteroatoms. The first-order chi connectivity index (χ1) is 15.9. The predicted molar refractivity (Wildman–Crippen MR) is 127 cm³/mol. The number of nitrogens with zero attached hydrogens (tertiary/aromatic N) is 1. The molecule has 0 unspecified atom stereocenters. The van der Waals surface area contributed by atoms with Crippen molar-refractivity contribution < 1.29 is 23.8 Å². The molecule has 0 aliphatic rings. The van der Waals surface area contributed by atoms with Gasteiger partial charge in [0.05, 0.1) is 26.2 Å². The van der Waals surface area contributed by atoms with Crippen LogP contribution in [0.2, 0.25) is 5.02 Å². The minimum Gasteiger partial charge on any atom is -0.497 e. The molecular formula is C26H22ClNO5. The van der Waals surface area contributed by atoms with Gasteiger partial charge in [0.15, 0.2) is 11.5 Å². The van der Waals surface area contributed by atoms with Crippen LogP contribution in [0.25, 0.3) is 10.9 Å². The van der Waals surface area contributed by atoms with Gasteiger partial charge in [0.2, 0.25) is 0 Å². The van der Waals surface area contributed by atoms with Crippen molar-refractivity contribution in [2.24, 2.45) is 0 Å². The number of carbonyl (C=O) groups is 2. The molecule has 0 saturated carbocycles. The van der Waals surface area contributed by atoms with E-state index in [0.29, 0.717) is 44.6 Å². The highest BCUT2D eigenvalue weighted by Gasteiger charge is 2.23. The minimum atomic E-state index is -0.469. The Balaban J connectivity index is 1.76. The Kier molecular flexibility index (Phi) is 6.38. The van der Waals surface area contributed by atoms with Gasteiger partial charge >= 0.3 is 5.97 Å². The molecule has 33 heavy (non-hydrogen) atoms. The molecule has 1 heterocycles. The third kappa shape index (κ3) is 4.43. The third-order valence-corrected chi connectivity index (χ3v) is 5.70. The molecular weight excluding hydrogens is 442 g/mol. The summed E-state index contributed by atoms with van der Waals surface area (Å²) in [4.78, 5) is 26.2. The summed E-state index contributed by atoms with van der Waals surface area (Å²) in [6, 6.07) is 19.0. The van der Waals surface area contributed by atoms with E-state index in [9.17, 15) is 9.59 Å². The average Bonchev–Trinajstić information content (AvgIpc) is 3.09. The quantitative estimate of drug-likeness (QED) is 0.281. The highest BCUT2D eigenvalue weighted by molar-refractivity contribution is 6.30. The smallest absolute Gasteiger partial charge is 0.315 e. The molecule has 0 spiro atoms. The van der Waals surface area contributed by atoms with E-state index in [0.717, 1.165) is 5.39 Å². The van der Waals surface area contributed by atoms with E-state index in [1.807, 2.05) is 19.1 Å². The molecule has 0 saturated heterocycles. The van der Waals surface area contributed by atoms with Crippen molar-refractivity contribution in [2.45, 2.75) is 13.3 Å². The molecule has 0 atom stereocenters. The maximum atomic E-state index is 13.4. The summed E-state index contributed by atoms with van der Waals surface area (Å²) in [5.74, 6) is 0.732. The molecule has 1 aromatic heterocycles. The summed E-state index contributed by atoms with van der Waals surface area (Å²) >= 11 is 5.98. The molecule has 0 N–H and O–H groups in total. The molecule has 4 rings (SSSR count). The van der Waals surface area contributed by atoms with Crippen LogP contribution in [0.5, 0.6) is 17.2 Å². The standard InChI is InChI=1S/C26H22ClNO5/c1-16-20(15-25(29)33-24-7-5-4-6-23(24)32-3)21-14-19(31-2)12-13-22(21)28(16)26(30)17-8-10-18(27)11-9-17/h4-14H,15H2,1-3H3. The maximum absolute atomic E-state index is 13.4. The first kappa shape index (κ1) is 22.4. The van der Waals surface area contributed by atoms with E-state index in [-0.39, 0.29) is 12.3 Å². The van der Waals surface area contributed by atoms with E-state index in [1.165, 1.54) is 7.11 Å². The van der Waals surface area contributed by atoms with Crippen molar-refractivity contribution in [3.05, 3.63) is 88.6 Å². The lowest BCUT2D eigenvalue weighted by molar-refractivity contribution is -0.133. The van der Waals surface area contributed by atoms with Crippen molar-refractivity contribution in [2.75, 3.05) is 14.2 Å². The van der Waals surface area contributed by atoms with E-state index >= 15 is 0 Å². The van der Waals surface area contributed by atoms with Crippen molar-refractivity contribution in [3.63, 3.8) is 0 Å². The summed E-state index contributed by atoms with van der Waals surface area (Å²) in [6.07, 6.45) is -0.0333. The monoisotopic (exact) mass is 463 g/mol. The van der Waals surface area contributed by atoms with Crippen LogP contribution in [-0.2, 0) is 11.2 Å². The van der Waals surface area contributed by atoms with Crippen LogP contribution in [0, 0.1) is 6.92 Å². The lowest BCUT2D eigenvalue weighted by atomic mass is 10.1. The molecule has 3 aromatic carbocycles. The highest BCUT2D eigenvalue weighted by Crippen LogP contribution is 2.32. The third-order valence-electron chi connectivity index (χ3n) is 5.45. The van der Waals surface area contributed by atoms with Crippen molar-refractivity contribution in [1.29, 1.82) is 0 Å². The molecule has 0 bridgehead atoms. The summed E-state index contributed by atoms with van der Waals surface area (Å²) in [6.45, 7) is 1.81. The number of hydrogen-bond acceptors (Lipinski definition) is 5. The summed E-state index contributed by atoms with van der Waals surface area (Å²) < 4.78 is 17.8.